The number of rotatable bonds is 2. The molecular weight excluding hydrogens is 266 g/mol. The van der Waals surface area contributed by atoms with Gasteiger partial charge in [0.2, 0.25) is 5.95 Å². The van der Waals surface area contributed by atoms with E-state index < -0.39 is 0 Å². The molecule has 2 aliphatic heterocycles. The Morgan fingerprint density at radius 3 is 2.62 bits per heavy atom. The van der Waals surface area contributed by atoms with Crippen LogP contribution in [-0.4, -0.2) is 46.5 Å². The number of nitrogens with one attached hydrogen (secondary N) is 1. The zero-order valence-corrected chi connectivity index (χ0v) is 13.4. The number of nitrogens with two attached hydrogens (primary N) is 1. The third-order valence-corrected chi connectivity index (χ3v) is 5.35. The van der Waals surface area contributed by atoms with Gasteiger partial charge in [-0.25, -0.2) is 0 Å². The van der Waals surface area contributed by atoms with Gasteiger partial charge in [-0.1, -0.05) is 13.8 Å². The summed E-state index contributed by atoms with van der Waals surface area (Å²) in [5.74, 6) is 3.04. The van der Waals surface area contributed by atoms with Gasteiger partial charge in [-0.3, -0.25) is 5.10 Å². The first kappa shape index (κ1) is 14.8. The highest BCUT2D eigenvalue weighted by molar-refractivity contribution is 5.31. The Hall–Kier alpha value is -1.14. The number of piperidine rings is 1. The van der Waals surface area contributed by atoms with Crippen molar-refractivity contribution >= 4 is 5.95 Å². The van der Waals surface area contributed by atoms with Crippen LogP contribution in [0.15, 0.2) is 0 Å². The maximum Gasteiger partial charge on any atom is 0.244 e. The van der Waals surface area contributed by atoms with Crippen LogP contribution in [0.4, 0.5) is 5.95 Å². The monoisotopic (exact) mass is 293 g/mol. The summed E-state index contributed by atoms with van der Waals surface area (Å²) >= 11 is 0. The highest BCUT2D eigenvalue weighted by atomic mass is 16.5. The number of ether oxygens (including phenoxy) is 1. The lowest BCUT2D eigenvalue weighted by Gasteiger charge is -2.34. The maximum atomic E-state index is 6.17. The van der Waals surface area contributed by atoms with Crippen LogP contribution < -0.4 is 10.6 Å². The van der Waals surface area contributed by atoms with E-state index in [-0.39, 0.29) is 18.2 Å². The molecular formula is C15H27N5O. The van der Waals surface area contributed by atoms with E-state index in [0.717, 1.165) is 31.3 Å². The quantitative estimate of drug-likeness (QED) is 0.864. The van der Waals surface area contributed by atoms with Crippen molar-refractivity contribution in [1.29, 1.82) is 0 Å². The van der Waals surface area contributed by atoms with Crippen LogP contribution in [0.2, 0.25) is 0 Å². The van der Waals surface area contributed by atoms with Gasteiger partial charge < -0.3 is 15.4 Å². The molecule has 3 heterocycles. The van der Waals surface area contributed by atoms with E-state index in [1.165, 1.54) is 0 Å². The Kier molecular flexibility index (Phi) is 3.92. The molecule has 118 valence electrons. The van der Waals surface area contributed by atoms with Crippen molar-refractivity contribution in [2.75, 3.05) is 18.0 Å². The average molecular weight is 293 g/mol. The van der Waals surface area contributed by atoms with E-state index >= 15 is 0 Å². The van der Waals surface area contributed by atoms with Crippen LogP contribution in [0.1, 0.15) is 45.9 Å². The fraction of sp³-hybridized carbons (Fsp3) is 0.867. The van der Waals surface area contributed by atoms with Crippen molar-refractivity contribution in [3.63, 3.8) is 0 Å². The lowest BCUT2D eigenvalue weighted by Crippen LogP contribution is -2.48. The van der Waals surface area contributed by atoms with Gasteiger partial charge in [0.05, 0.1) is 12.2 Å². The fourth-order valence-corrected chi connectivity index (χ4v) is 3.57. The van der Waals surface area contributed by atoms with Crippen molar-refractivity contribution in [1.82, 2.24) is 15.2 Å². The fourth-order valence-electron chi connectivity index (χ4n) is 3.57. The van der Waals surface area contributed by atoms with Crippen molar-refractivity contribution in [2.24, 2.45) is 17.6 Å². The minimum Gasteiger partial charge on any atom is -0.374 e. The van der Waals surface area contributed by atoms with Gasteiger partial charge in [0.15, 0.2) is 0 Å². The highest BCUT2D eigenvalue weighted by Crippen LogP contribution is 2.38. The largest absolute Gasteiger partial charge is 0.374 e. The molecule has 0 aromatic carbocycles. The Bertz CT molecular complexity index is 490. The first-order valence-corrected chi connectivity index (χ1v) is 8.05. The topological polar surface area (TPSA) is 80.1 Å². The molecule has 3 rings (SSSR count). The molecule has 6 unspecified atom stereocenters. The number of hydrogen-bond donors (Lipinski definition) is 2. The minimum absolute atomic E-state index is 0.180. The van der Waals surface area contributed by atoms with Crippen molar-refractivity contribution < 1.29 is 4.74 Å². The van der Waals surface area contributed by atoms with Crippen LogP contribution in [-0.2, 0) is 4.74 Å². The van der Waals surface area contributed by atoms with Gasteiger partial charge in [0, 0.05) is 25.0 Å². The number of aromatic amines is 1. The molecule has 0 spiro atoms. The van der Waals surface area contributed by atoms with Crippen molar-refractivity contribution in [3.8, 4) is 0 Å². The minimum atomic E-state index is 0.180. The van der Waals surface area contributed by atoms with Gasteiger partial charge in [0.25, 0.3) is 0 Å². The third-order valence-electron chi connectivity index (χ3n) is 5.35. The Morgan fingerprint density at radius 2 is 2.00 bits per heavy atom. The van der Waals surface area contributed by atoms with E-state index in [4.69, 9.17) is 15.5 Å². The van der Waals surface area contributed by atoms with Gasteiger partial charge >= 0.3 is 0 Å². The smallest absolute Gasteiger partial charge is 0.244 e. The first-order chi connectivity index (χ1) is 9.97. The lowest BCUT2D eigenvalue weighted by molar-refractivity contribution is 0.0553. The number of aromatic nitrogens is 3. The summed E-state index contributed by atoms with van der Waals surface area (Å²) in [5.41, 5.74) is 6.17. The summed E-state index contributed by atoms with van der Waals surface area (Å²) < 4.78 is 5.90. The normalized spacial score (nSPS) is 40.7. The number of nitrogens with zero attached hydrogens (tertiary/aromatic N) is 3. The molecule has 6 atom stereocenters. The van der Waals surface area contributed by atoms with Crippen molar-refractivity contribution in [3.05, 3.63) is 5.82 Å². The van der Waals surface area contributed by atoms with E-state index in [1.54, 1.807) is 0 Å². The van der Waals surface area contributed by atoms with E-state index in [1.807, 2.05) is 0 Å². The standard InChI is InChI=1S/C15H27N5O/c1-8-5-6-20(7-12(8)16)15-17-14(18-19-15)13-9(2)10(3)21-11(13)4/h8-13H,5-7,16H2,1-4H3,(H,17,18,19). The molecule has 0 bridgehead atoms. The van der Waals surface area contributed by atoms with Crippen LogP contribution in [0.25, 0.3) is 0 Å². The number of anilines is 1. The third kappa shape index (κ3) is 2.66. The Balaban J connectivity index is 1.75. The lowest BCUT2D eigenvalue weighted by atomic mass is 9.89. The van der Waals surface area contributed by atoms with E-state index in [0.29, 0.717) is 17.8 Å². The molecule has 2 aliphatic rings. The van der Waals surface area contributed by atoms with Gasteiger partial charge in [0.1, 0.15) is 5.82 Å². The number of hydrogen-bond acceptors (Lipinski definition) is 5. The molecule has 1 aromatic heterocycles. The summed E-state index contributed by atoms with van der Waals surface area (Å²) in [6.07, 6.45) is 1.55. The molecule has 2 fully saturated rings. The molecule has 2 saturated heterocycles. The van der Waals surface area contributed by atoms with Crippen LogP contribution >= 0.6 is 0 Å². The predicted octanol–water partition coefficient (Wildman–Crippen LogP) is 1.51. The molecule has 0 aliphatic carbocycles. The summed E-state index contributed by atoms with van der Waals surface area (Å²) in [6, 6.07) is 0.202. The summed E-state index contributed by atoms with van der Waals surface area (Å²) in [4.78, 5) is 6.93. The number of H-pyrrole nitrogens is 1. The van der Waals surface area contributed by atoms with Crippen molar-refractivity contribution in [2.45, 2.75) is 58.3 Å². The second-order valence-electron chi connectivity index (χ2n) is 6.83. The predicted molar refractivity (Wildman–Crippen MR) is 82.3 cm³/mol. The molecule has 0 saturated carbocycles. The molecule has 1 aromatic rings. The molecule has 3 N–H and O–H groups in total. The molecule has 0 radical (unpaired) electrons. The zero-order valence-electron chi connectivity index (χ0n) is 13.4. The summed E-state index contributed by atoms with van der Waals surface area (Å²) in [6.45, 7) is 10.5. The van der Waals surface area contributed by atoms with Crippen LogP contribution in [0.3, 0.4) is 0 Å². The second-order valence-corrected chi connectivity index (χ2v) is 6.83. The molecule has 6 nitrogen and oxygen atoms in total. The average Bonchev–Trinajstić information content (AvgIpc) is 2.99. The van der Waals surface area contributed by atoms with Gasteiger partial charge in [-0.05, 0) is 32.1 Å². The SMILES string of the molecule is CC1CCN(c2n[nH]c(C3C(C)OC(C)C3C)n2)CC1N. The molecule has 6 heteroatoms. The molecule has 0 amide bonds. The first-order valence-electron chi connectivity index (χ1n) is 8.05. The zero-order chi connectivity index (χ0) is 15.1. The van der Waals surface area contributed by atoms with Gasteiger partial charge in [-0.15, -0.1) is 5.10 Å². The van der Waals surface area contributed by atoms with E-state index in [2.05, 4.69) is 42.8 Å². The second kappa shape index (κ2) is 5.57. The summed E-state index contributed by atoms with van der Waals surface area (Å²) in [7, 11) is 0. The van der Waals surface area contributed by atoms with Crippen LogP contribution in [0.5, 0.6) is 0 Å². The Morgan fingerprint density at radius 1 is 1.24 bits per heavy atom. The summed E-state index contributed by atoms with van der Waals surface area (Å²) in [5, 5.41) is 7.55. The van der Waals surface area contributed by atoms with E-state index in [9.17, 15) is 0 Å². The highest BCUT2D eigenvalue weighted by Gasteiger charge is 2.40. The van der Waals surface area contributed by atoms with Crippen LogP contribution in [0, 0.1) is 11.8 Å². The van der Waals surface area contributed by atoms with Gasteiger partial charge in [-0.2, -0.15) is 4.98 Å². The maximum absolute atomic E-state index is 6.17. The molecule has 21 heavy (non-hydrogen) atoms. The Labute approximate surface area is 126 Å².